The van der Waals surface area contributed by atoms with Crippen LogP contribution in [0, 0.1) is 5.92 Å². The van der Waals surface area contributed by atoms with Gasteiger partial charge in [-0.05, 0) is 47.2 Å². The van der Waals surface area contributed by atoms with Gasteiger partial charge in [0.1, 0.15) is 5.75 Å². The van der Waals surface area contributed by atoms with Crippen molar-refractivity contribution in [3.05, 3.63) is 59.7 Å². The first kappa shape index (κ1) is 16.4. The molecule has 0 saturated heterocycles. The topological polar surface area (TPSA) is 21.3 Å². The number of anilines is 1. The van der Waals surface area contributed by atoms with Crippen molar-refractivity contribution < 1.29 is 4.74 Å². The molecule has 2 rings (SSSR count). The molecule has 0 aliphatic rings. The third kappa shape index (κ3) is 5.10. The van der Waals surface area contributed by atoms with Gasteiger partial charge in [0, 0.05) is 12.2 Å². The van der Waals surface area contributed by atoms with E-state index in [1.165, 1.54) is 11.1 Å². The molecule has 0 atom stereocenters. The summed E-state index contributed by atoms with van der Waals surface area (Å²) >= 11 is 0. The highest BCUT2D eigenvalue weighted by Crippen LogP contribution is 2.18. The van der Waals surface area contributed by atoms with Crippen LogP contribution in [0.3, 0.4) is 0 Å². The number of ether oxygens (including phenoxy) is 1. The van der Waals surface area contributed by atoms with Crippen LogP contribution in [0.4, 0.5) is 5.69 Å². The van der Waals surface area contributed by atoms with E-state index in [4.69, 9.17) is 4.74 Å². The van der Waals surface area contributed by atoms with Crippen LogP contribution in [0.15, 0.2) is 48.5 Å². The van der Waals surface area contributed by atoms with Crippen LogP contribution in [0.1, 0.15) is 44.7 Å². The third-order valence-electron chi connectivity index (χ3n) is 3.58. The largest absolute Gasteiger partial charge is 0.493 e. The number of hydrogen-bond donors (Lipinski definition) is 1. The van der Waals surface area contributed by atoms with Crippen LogP contribution in [-0.2, 0) is 6.54 Å². The first-order valence-corrected chi connectivity index (χ1v) is 8.10. The van der Waals surface area contributed by atoms with Crippen molar-refractivity contribution in [3.63, 3.8) is 0 Å². The van der Waals surface area contributed by atoms with Gasteiger partial charge in [0.05, 0.1) is 6.61 Å². The van der Waals surface area contributed by atoms with Gasteiger partial charge >= 0.3 is 0 Å². The third-order valence-corrected chi connectivity index (χ3v) is 3.58. The van der Waals surface area contributed by atoms with E-state index in [-0.39, 0.29) is 0 Å². The van der Waals surface area contributed by atoms with Gasteiger partial charge in [-0.25, -0.2) is 0 Å². The van der Waals surface area contributed by atoms with Crippen molar-refractivity contribution in [2.24, 2.45) is 5.92 Å². The van der Waals surface area contributed by atoms with Gasteiger partial charge < -0.3 is 10.1 Å². The molecule has 0 heterocycles. The molecule has 0 bridgehead atoms. The average Bonchev–Trinajstić information content (AvgIpc) is 2.52. The van der Waals surface area contributed by atoms with Gasteiger partial charge in [-0.1, -0.05) is 52.0 Å². The zero-order valence-electron chi connectivity index (χ0n) is 14.1. The Labute approximate surface area is 134 Å². The minimum Gasteiger partial charge on any atom is -0.493 e. The molecular formula is C20H27NO. The summed E-state index contributed by atoms with van der Waals surface area (Å²) in [6.45, 7) is 10.3. The Morgan fingerprint density at radius 2 is 1.50 bits per heavy atom. The molecule has 2 nitrogen and oxygen atoms in total. The summed E-state index contributed by atoms with van der Waals surface area (Å²) in [6, 6.07) is 17.0. The van der Waals surface area contributed by atoms with Crippen LogP contribution in [-0.4, -0.2) is 6.61 Å². The number of benzene rings is 2. The maximum atomic E-state index is 5.69. The summed E-state index contributed by atoms with van der Waals surface area (Å²) in [7, 11) is 0. The van der Waals surface area contributed by atoms with Crippen LogP contribution in [0.25, 0.3) is 0 Å². The second kappa shape index (κ2) is 7.88. The first-order valence-electron chi connectivity index (χ1n) is 8.10. The van der Waals surface area contributed by atoms with E-state index < -0.39 is 0 Å². The number of nitrogens with one attached hydrogen (secondary N) is 1. The molecule has 0 aromatic heterocycles. The highest BCUT2D eigenvalue weighted by Gasteiger charge is 2.00. The molecule has 1 N–H and O–H groups in total. The molecule has 0 unspecified atom stereocenters. The Bertz CT molecular complexity index is 555. The minimum atomic E-state index is 0.548. The lowest BCUT2D eigenvalue weighted by Crippen LogP contribution is -2.04. The summed E-state index contributed by atoms with van der Waals surface area (Å²) in [6.07, 6.45) is 0. The average molecular weight is 297 g/mol. The van der Waals surface area contributed by atoms with E-state index in [2.05, 4.69) is 69.4 Å². The summed E-state index contributed by atoms with van der Waals surface area (Å²) in [5.41, 5.74) is 3.80. The number of rotatable bonds is 7. The standard InChI is InChI=1S/C20H27NO/c1-15(2)14-22-20-11-9-19(10-12-20)21-13-17-5-7-18(8-6-17)16(3)4/h5-12,15-16,21H,13-14H2,1-4H3. The highest BCUT2D eigenvalue weighted by molar-refractivity contribution is 5.46. The zero-order chi connectivity index (χ0) is 15.9. The monoisotopic (exact) mass is 297 g/mol. The fraction of sp³-hybridized carbons (Fsp3) is 0.400. The molecule has 0 aliphatic carbocycles. The predicted molar refractivity (Wildman–Crippen MR) is 94.6 cm³/mol. The van der Waals surface area contributed by atoms with E-state index in [0.717, 1.165) is 24.6 Å². The fourth-order valence-corrected chi connectivity index (χ4v) is 2.16. The van der Waals surface area contributed by atoms with E-state index in [1.54, 1.807) is 0 Å². The maximum absolute atomic E-state index is 5.69. The van der Waals surface area contributed by atoms with E-state index in [9.17, 15) is 0 Å². The smallest absolute Gasteiger partial charge is 0.119 e. The van der Waals surface area contributed by atoms with Gasteiger partial charge in [-0.3, -0.25) is 0 Å². The summed E-state index contributed by atoms with van der Waals surface area (Å²) < 4.78 is 5.69. The van der Waals surface area contributed by atoms with Crippen molar-refractivity contribution in [2.45, 2.75) is 40.2 Å². The lowest BCUT2D eigenvalue weighted by Gasteiger charge is -2.11. The van der Waals surface area contributed by atoms with Crippen molar-refractivity contribution in [1.82, 2.24) is 0 Å². The SMILES string of the molecule is CC(C)COc1ccc(NCc2ccc(C(C)C)cc2)cc1. The Morgan fingerprint density at radius 3 is 2.05 bits per heavy atom. The molecule has 0 aliphatic heterocycles. The quantitative estimate of drug-likeness (QED) is 0.733. The molecule has 2 aromatic carbocycles. The molecular weight excluding hydrogens is 270 g/mol. The molecule has 2 aromatic rings. The molecule has 118 valence electrons. The Morgan fingerprint density at radius 1 is 0.864 bits per heavy atom. The normalized spacial score (nSPS) is 11.0. The molecule has 22 heavy (non-hydrogen) atoms. The second-order valence-electron chi connectivity index (χ2n) is 6.48. The molecule has 0 fully saturated rings. The Balaban J connectivity index is 1.86. The van der Waals surface area contributed by atoms with E-state index in [0.29, 0.717) is 11.8 Å². The summed E-state index contributed by atoms with van der Waals surface area (Å²) in [4.78, 5) is 0. The second-order valence-corrected chi connectivity index (χ2v) is 6.48. The molecule has 0 amide bonds. The zero-order valence-corrected chi connectivity index (χ0v) is 14.1. The fourth-order valence-electron chi connectivity index (χ4n) is 2.16. The van der Waals surface area contributed by atoms with Crippen LogP contribution >= 0.6 is 0 Å². The molecule has 2 heteroatoms. The number of hydrogen-bond acceptors (Lipinski definition) is 2. The Hall–Kier alpha value is -1.96. The van der Waals surface area contributed by atoms with Crippen molar-refractivity contribution >= 4 is 5.69 Å². The van der Waals surface area contributed by atoms with E-state index in [1.807, 2.05) is 12.1 Å². The molecule has 0 radical (unpaired) electrons. The first-order chi connectivity index (χ1) is 10.5. The van der Waals surface area contributed by atoms with Gasteiger partial charge in [0.25, 0.3) is 0 Å². The Kier molecular flexibility index (Phi) is 5.88. The van der Waals surface area contributed by atoms with Crippen molar-refractivity contribution in [2.75, 3.05) is 11.9 Å². The molecule has 0 saturated carbocycles. The minimum absolute atomic E-state index is 0.548. The molecule has 0 spiro atoms. The summed E-state index contributed by atoms with van der Waals surface area (Å²) in [5, 5.41) is 3.45. The van der Waals surface area contributed by atoms with Crippen molar-refractivity contribution in [1.29, 1.82) is 0 Å². The van der Waals surface area contributed by atoms with Gasteiger partial charge in [-0.15, -0.1) is 0 Å². The van der Waals surface area contributed by atoms with Gasteiger partial charge in [0.2, 0.25) is 0 Å². The highest BCUT2D eigenvalue weighted by atomic mass is 16.5. The van der Waals surface area contributed by atoms with E-state index >= 15 is 0 Å². The maximum Gasteiger partial charge on any atom is 0.119 e. The predicted octanol–water partition coefficient (Wildman–Crippen LogP) is 5.46. The lowest BCUT2D eigenvalue weighted by molar-refractivity contribution is 0.271. The van der Waals surface area contributed by atoms with Crippen LogP contribution < -0.4 is 10.1 Å². The summed E-state index contributed by atoms with van der Waals surface area (Å²) in [5.74, 6) is 2.06. The van der Waals surface area contributed by atoms with Crippen molar-refractivity contribution in [3.8, 4) is 5.75 Å². The van der Waals surface area contributed by atoms with Gasteiger partial charge in [-0.2, -0.15) is 0 Å². The van der Waals surface area contributed by atoms with Crippen LogP contribution in [0.5, 0.6) is 5.75 Å². The lowest BCUT2D eigenvalue weighted by atomic mass is 10.0. The van der Waals surface area contributed by atoms with Gasteiger partial charge in [0.15, 0.2) is 0 Å². The van der Waals surface area contributed by atoms with Crippen LogP contribution in [0.2, 0.25) is 0 Å².